The van der Waals surface area contributed by atoms with Crippen LogP contribution >= 0.6 is 11.6 Å². The zero-order chi connectivity index (χ0) is 17.6. The largest absolute Gasteiger partial charge is 0.494 e. The molecule has 3 aromatic rings. The minimum absolute atomic E-state index is 0.277. The third-order valence-electron chi connectivity index (χ3n) is 3.48. The van der Waals surface area contributed by atoms with E-state index in [9.17, 15) is 4.79 Å². The SMILES string of the molecule is CCOc1ccc(Cc2nnc(Nc3ccc(Cl)cc3)[nH]c2=O)cc1. The molecule has 1 aromatic heterocycles. The fourth-order valence-corrected chi connectivity index (χ4v) is 2.39. The van der Waals surface area contributed by atoms with Crippen molar-refractivity contribution in [2.45, 2.75) is 13.3 Å². The number of halogens is 1. The second kappa shape index (κ2) is 7.81. The Morgan fingerprint density at radius 3 is 2.44 bits per heavy atom. The van der Waals surface area contributed by atoms with Crippen LogP contribution in [0.1, 0.15) is 18.2 Å². The van der Waals surface area contributed by atoms with E-state index in [0.717, 1.165) is 17.0 Å². The normalized spacial score (nSPS) is 10.5. The molecule has 25 heavy (non-hydrogen) atoms. The fourth-order valence-electron chi connectivity index (χ4n) is 2.27. The third-order valence-corrected chi connectivity index (χ3v) is 3.73. The van der Waals surface area contributed by atoms with Gasteiger partial charge in [0.15, 0.2) is 0 Å². The molecule has 0 aliphatic rings. The van der Waals surface area contributed by atoms with Crippen LogP contribution in [0.2, 0.25) is 5.02 Å². The molecule has 7 heteroatoms. The summed E-state index contributed by atoms with van der Waals surface area (Å²) in [6.07, 6.45) is 0.399. The maximum Gasteiger partial charge on any atom is 0.274 e. The lowest BCUT2D eigenvalue weighted by Gasteiger charge is -2.06. The van der Waals surface area contributed by atoms with Gasteiger partial charge in [0.2, 0.25) is 5.95 Å². The van der Waals surface area contributed by atoms with Gasteiger partial charge < -0.3 is 10.1 Å². The van der Waals surface area contributed by atoms with Crippen molar-refractivity contribution in [1.82, 2.24) is 15.2 Å². The first kappa shape index (κ1) is 17.0. The minimum Gasteiger partial charge on any atom is -0.494 e. The Balaban J connectivity index is 1.71. The molecule has 6 nitrogen and oxygen atoms in total. The second-order valence-electron chi connectivity index (χ2n) is 5.34. The number of benzene rings is 2. The molecule has 0 radical (unpaired) electrons. The minimum atomic E-state index is -0.277. The highest BCUT2D eigenvalue weighted by atomic mass is 35.5. The molecule has 0 aliphatic carbocycles. The number of H-pyrrole nitrogens is 1. The summed E-state index contributed by atoms with van der Waals surface area (Å²) in [5.41, 5.74) is 1.79. The highest BCUT2D eigenvalue weighted by Crippen LogP contribution is 2.16. The van der Waals surface area contributed by atoms with Gasteiger partial charge in [0, 0.05) is 17.1 Å². The standard InChI is InChI=1S/C18H17ClN4O2/c1-2-25-15-9-3-12(4-10-15)11-16-17(24)21-18(23-22-16)20-14-7-5-13(19)6-8-14/h3-10H,2,11H2,1H3,(H2,20,21,23,24). The lowest BCUT2D eigenvalue weighted by molar-refractivity contribution is 0.340. The Labute approximate surface area is 149 Å². The van der Waals surface area contributed by atoms with E-state index in [1.165, 1.54) is 0 Å². The molecule has 2 N–H and O–H groups in total. The van der Waals surface area contributed by atoms with Gasteiger partial charge in [-0.25, -0.2) is 0 Å². The lowest BCUT2D eigenvalue weighted by Crippen LogP contribution is -2.18. The molecule has 1 heterocycles. The first-order chi connectivity index (χ1) is 12.1. The van der Waals surface area contributed by atoms with Gasteiger partial charge in [-0.2, -0.15) is 0 Å². The monoisotopic (exact) mass is 356 g/mol. The summed E-state index contributed by atoms with van der Waals surface area (Å²) in [7, 11) is 0. The highest BCUT2D eigenvalue weighted by molar-refractivity contribution is 6.30. The number of nitrogens with one attached hydrogen (secondary N) is 2. The van der Waals surface area contributed by atoms with Crippen LogP contribution in [0.15, 0.2) is 53.3 Å². The number of aromatic amines is 1. The van der Waals surface area contributed by atoms with Crippen molar-refractivity contribution in [3.63, 3.8) is 0 Å². The molecule has 0 amide bonds. The number of anilines is 2. The van der Waals surface area contributed by atoms with Gasteiger partial charge in [-0.1, -0.05) is 23.7 Å². The fraction of sp³-hybridized carbons (Fsp3) is 0.167. The summed E-state index contributed by atoms with van der Waals surface area (Å²) in [6.45, 7) is 2.55. The molecule has 0 bridgehead atoms. The summed E-state index contributed by atoms with van der Waals surface area (Å²) in [4.78, 5) is 14.9. The second-order valence-corrected chi connectivity index (χ2v) is 5.77. The van der Waals surface area contributed by atoms with E-state index >= 15 is 0 Å². The lowest BCUT2D eigenvalue weighted by atomic mass is 10.1. The first-order valence-electron chi connectivity index (χ1n) is 7.84. The van der Waals surface area contributed by atoms with Gasteiger partial charge in [-0.3, -0.25) is 9.78 Å². The Bertz CT molecular complexity index is 892. The van der Waals surface area contributed by atoms with Crippen molar-refractivity contribution in [3.05, 3.63) is 75.2 Å². The van der Waals surface area contributed by atoms with Crippen molar-refractivity contribution >= 4 is 23.2 Å². The number of aromatic nitrogens is 3. The Hall–Kier alpha value is -2.86. The molecule has 0 spiro atoms. The van der Waals surface area contributed by atoms with E-state index in [0.29, 0.717) is 23.7 Å². The quantitative estimate of drug-likeness (QED) is 0.706. The van der Waals surface area contributed by atoms with Gasteiger partial charge in [-0.15, -0.1) is 10.2 Å². The molecule has 128 valence electrons. The van der Waals surface area contributed by atoms with Crippen LogP contribution in [0.5, 0.6) is 5.75 Å². The van der Waals surface area contributed by atoms with Crippen LogP contribution in [0.4, 0.5) is 11.6 Å². The van der Waals surface area contributed by atoms with Crippen molar-refractivity contribution < 1.29 is 4.74 Å². The highest BCUT2D eigenvalue weighted by Gasteiger charge is 2.07. The van der Waals surface area contributed by atoms with Gasteiger partial charge in [0.25, 0.3) is 5.56 Å². The molecule has 0 saturated carbocycles. The zero-order valence-corrected chi connectivity index (χ0v) is 14.4. The Kier molecular flexibility index (Phi) is 5.30. The smallest absolute Gasteiger partial charge is 0.274 e. The Morgan fingerprint density at radius 2 is 1.80 bits per heavy atom. The Morgan fingerprint density at radius 1 is 1.08 bits per heavy atom. The summed E-state index contributed by atoms with van der Waals surface area (Å²) in [5, 5.41) is 11.7. The number of hydrogen-bond acceptors (Lipinski definition) is 5. The molecular weight excluding hydrogens is 340 g/mol. The number of hydrogen-bond donors (Lipinski definition) is 2. The number of nitrogens with zero attached hydrogens (tertiary/aromatic N) is 2. The zero-order valence-electron chi connectivity index (χ0n) is 13.6. The predicted molar refractivity (Wildman–Crippen MR) is 97.8 cm³/mol. The molecule has 3 rings (SSSR count). The average molecular weight is 357 g/mol. The molecule has 0 aliphatic heterocycles. The van der Waals surface area contributed by atoms with E-state index in [2.05, 4.69) is 20.5 Å². The van der Waals surface area contributed by atoms with Gasteiger partial charge >= 0.3 is 0 Å². The summed E-state index contributed by atoms with van der Waals surface area (Å²) in [5.74, 6) is 1.08. The van der Waals surface area contributed by atoms with E-state index in [-0.39, 0.29) is 11.5 Å². The van der Waals surface area contributed by atoms with E-state index in [1.807, 2.05) is 31.2 Å². The van der Waals surface area contributed by atoms with Crippen LogP contribution in [-0.2, 0) is 6.42 Å². The number of ether oxygens (including phenoxy) is 1. The van der Waals surface area contributed by atoms with Crippen LogP contribution in [0, 0.1) is 0 Å². The van der Waals surface area contributed by atoms with Crippen LogP contribution in [-0.4, -0.2) is 21.8 Å². The van der Waals surface area contributed by atoms with Crippen LogP contribution in [0.3, 0.4) is 0 Å². The summed E-state index contributed by atoms with van der Waals surface area (Å²) in [6, 6.07) is 14.6. The maximum absolute atomic E-state index is 12.2. The van der Waals surface area contributed by atoms with Gasteiger partial charge in [0.05, 0.1) is 6.61 Å². The topological polar surface area (TPSA) is 79.9 Å². The molecule has 0 atom stereocenters. The van der Waals surface area contributed by atoms with Crippen LogP contribution in [0.25, 0.3) is 0 Å². The maximum atomic E-state index is 12.2. The van der Waals surface area contributed by atoms with Crippen molar-refractivity contribution in [2.24, 2.45) is 0 Å². The number of rotatable bonds is 6. The molecule has 0 fully saturated rings. The third kappa shape index (κ3) is 4.58. The van der Waals surface area contributed by atoms with Crippen molar-refractivity contribution in [2.75, 3.05) is 11.9 Å². The average Bonchev–Trinajstić information content (AvgIpc) is 2.61. The van der Waals surface area contributed by atoms with Crippen LogP contribution < -0.4 is 15.6 Å². The van der Waals surface area contributed by atoms with Crippen molar-refractivity contribution in [1.29, 1.82) is 0 Å². The molecular formula is C18H17ClN4O2. The molecule has 0 saturated heterocycles. The van der Waals surface area contributed by atoms with Crippen molar-refractivity contribution in [3.8, 4) is 5.75 Å². The summed E-state index contributed by atoms with van der Waals surface area (Å²) < 4.78 is 5.40. The van der Waals surface area contributed by atoms with E-state index < -0.39 is 0 Å². The van der Waals surface area contributed by atoms with Gasteiger partial charge in [0.1, 0.15) is 11.4 Å². The van der Waals surface area contributed by atoms with E-state index in [1.54, 1.807) is 24.3 Å². The molecule has 0 unspecified atom stereocenters. The predicted octanol–water partition coefficient (Wildman–Crippen LogP) is 3.55. The first-order valence-corrected chi connectivity index (χ1v) is 8.22. The van der Waals surface area contributed by atoms with E-state index in [4.69, 9.17) is 16.3 Å². The van der Waals surface area contributed by atoms with Gasteiger partial charge in [-0.05, 0) is 48.9 Å². The summed E-state index contributed by atoms with van der Waals surface area (Å²) >= 11 is 5.84. The molecule has 2 aromatic carbocycles.